The predicted octanol–water partition coefficient (Wildman–Crippen LogP) is 4.20. The highest BCUT2D eigenvalue weighted by Crippen LogP contribution is 2.38. The zero-order valence-electron chi connectivity index (χ0n) is 23.4. The summed E-state index contributed by atoms with van der Waals surface area (Å²) >= 11 is 1.39. The number of carbonyl (C=O) groups is 1. The number of aromatic nitrogens is 2. The number of aryl methyl sites for hydroxylation is 1. The second-order valence-corrected chi connectivity index (χ2v) is 11.4. The summed E-state index contributed by atoms with van der Waals surface area (Å²) in [7, 11) is 3.41. The highest BCUT2D eigenvalue weighted by Gasteiger charge is 2.30. The first-order chi connectivity index (χ1) is 19.5. The topological polar surface area (TPSA) is 82.9 Å². The molecule has 2 atom stereocenters. The normalized spacial score (nSPS) is 20.1. The molecule has 220 valence electrons. The van der Waals surface area contributed by atoms with Gasteiger partial charge in [0.15, 0.2) is 5.13 Å². The Bertz CT molecular complexity index is 1480. The van der Waals surface area contributed by atoms with Crippen molar-refractivity contribution in [1.82, 2.24) is 14.5 Å². The van der Waals surface area contributed by atoms with Crippen molar-refractivity contribution in [2.45, 2.75) is 32.4 Å². The molecular weight excluding hydrogens is 557 g/mol. The average molecular weight is 591 g/mol. The van der Waals surface area contributed by atoms with E-state index in [0.29, 0.717) is 50.8 Å². The lowest BCUT2D eigenvalue weighted by Gasteiger charge is -2.44. The van der Waals surface area contributed by atoms with E-state index in [4.69, 9.17) is 4.74 Å². The van der Waals surface area contributed by atoms with Gasteiger partial charge in [-0.3, -0.25) is 14.5 Å². The summed E-state index contributed by atoms with van der Waals surface area (Å²) in [6.07, 6.45) is -1.93. The molecule has 2 fully saturated rings. The third kappa shape index (κ3) is 5.97. The van der Waals surface area contributed by atoms with Crippen LogP contribution in [0.5, 0.6) is 0 Å². The molecule has 0 unspecified atom stereocenters. The Morgan fingerprint density at radius 3 is 2.44 bits per heavy atom. The molecule has 2 saturated heterocycles. The largest absolute Gasteiger partial charge is 0.378 e. The molecule has 9 nitrogen and oxygen atoms in total. The Morgan fingerprint density at radius 2 is 1.78 bits per heavy atom. The number of halogens is 3. The van der Waals surface area contributed by atoms with E-state index in [2.05, 4.69) is 33.9 Å². The maximum Gasteiger partial charge on any atom is 0.264 e. The minimum atomic E-state index is -3.03. The zero-order valence-corrected chi connectivity index (χ0v) is 24.2. The van der Waals surface area contributed by atoms with E-state index < -0.39 is 29.3 Å². The van der Waals surface area contributed by atoms with Crippen molar-refractivity contribution in [3.05, 3.63) is 57.1 Å². The van der Waals surface area contributed by atoms with Gasteiger partial charge in [0.1, 0.15) is 5.82 Å². The molecule has 2 aliphatic heterocycles. The molecule has 3 aromatic rings. The fourth-order valence-electron chi connectivity index (χ4n) is 5.21. The maximum atomic E-state index is 15.8. The van der Waals surface area contributed by atoms with Crippen molar-refractivity contribution in [1.29, 1.82) is 0 Å². The number of morpholine rings is 1. The van der Waals surface area contributed by atoms with Crippen molar-refractivity contribution in [3.63, 3.8) is 0 Å². The van der Waals surface area contributed by atoms with Crippen molar-refractivity contribution >= 4 is 33.8 Å². The van der Waals surface area contributed by atoms with E-state index in [0.717, 1.165) is 22.0 Å². The van der Waals surface area contributed by atoms with E-state index in [1.165, 1.54) is 30.5 Å². The average Bonchev–Trinajstić information content (AvgIpc) is 3.44. The number of pyridine rings is 1. The van der Waals surface area contributed by atoms with Crippen LogP contribution in [0.15, 0.2) is 34.6 Å². The number of alkyl halides is 2. The van der Waals surface area contributed by atoms with Crippen LogP contribution in [0.2, 0.25) is 0 Å². The van der Waals surface area contributed by atoms with E-state index >= 15 is 4.39 Å². The summed E-state index contributed by atoms with van der Waals surface area (Å²) in [5, 5.41) is 5.26. The highest BCUT2D eigenvalue weighted by atomic mass is 32.1. The Morgan fingerprint density at radius 1 is 1.10 bits per heavy atom. The monoisotopic (exact) mass is 590 g/mol. The molecule has 4 heterocycles. The summed E-state index contributed by atoms with van der Waals surface area (Å²) in [5.74, 6) is -1.33. The number of nitrogens with one attached hydrogen (secondary N) is 1. The lowest BCUT2D eigenvalue weighted by Crippen LogP contribution is -2.55. The SMILES string of the molecule is C[C@@H]1CN(c2cc(F)c(-c3csc(N4CCOCC4)n3)cc2NC(=O)c2cn(C)c(=O)cc2C(F)F)C[C@H](C)N1C. The molecule has 41 heavy (non-hydrogen) atoms. The van der Waals surface area contributed by atoms with Crippen LogP contribution < -0.4 is 20.7 Å². The molecule has 2 aromatic heterocycles. The Hall–Kier alpha value is -3.42. The van der Waals surface area contributed by atoms with Gasteiger partial charge in [0.25, 0.3) is 17.9 Å². The Kier molecular flexibility index (Phi) is 8.39. The van der Waals surface area contributed by atoms with Crippen molar-refractivity contribution in [2.75, 3.05) is 61.6 Å². The second-order valence-electron chi connectivity index (χ2n) is 10.6. The van der Waals surface area contributed by atoms with Gasteiger partial charge in [0.2, 0.25) is 0 Å². The molecule has 0 aliphatic carbocycles. The molecular formula is C28H33F3N6O3S. The highest BCUT2D eigenvalue weighted by molar-refractivity contribution is 7.14. The number of piperazine rings is 1. The standard InChI is InChI=1S/C28H33F3N6O3S/c1-16-12-37(13-17(2)35(16)4)24-11-21(29)19(23-15-41-28(33-23)36-5-7-40-8-6-36)9-22(24)32-27(39)20-14-34(3)25(38)10-18(20)26(30)31/h9-11,14-17,26H,5-8,12-13H2,1-4H3,(H,32,39)/t16-,17+. The van der Waals surface area contributed by atoms with Gasteiger partial charge >= 0.3 is 0 Å². The van der Waals surface area contributed by atoms with Crippen LogP contribution in [0.1, 0.15) is 36.2 Å². The molecule has 5 rings (SSSR count). The number of rotatable bonds is 6. The van der Waals surface area contributed by atoms with Crippen LogP contribution in [0.4, 0.5) is 29.7 Å². The van der Waals surface area contributed by atoms with Gasteiger partial charge in [0.05, 0.1) is 35.8 Å². The van der Waals surface area contributed by atoms with Crippen molar-refractivity contribution < 1.29 is 22.7 Å². The number of likely N-dealkylation sites (N-methyl/N-ethyl adjacent to an activating group) is 1. The first kappa shape index (κ1) is 29.1. The summed E-state index contributed by atoms with van der Waals surface area (Å²) in [6.45, 7) is 7.80. The Labute approximate surface area is 240 Å². The smallest absolute Gasteiger partial charge is 0.264 e. The van der Waals surface area contributed by atoms with Crippen molar-refractivity contribution in [3.8, 4) is 11.3 Å². The summed E-state index contributed by atoms with van der Waals surface area (Å²) < 4.78 is 49.9. The third-order valence-electron chi connectivity index (χ3n) is 7.82. The number of hydrogen-bond acceptors (Lipinski definition) is 8. The van der Waals surface area contributed by atoms with Gasteiger partial charge in [-0.15, -0.1) is 11.3 Å². The van der Waals surface area contributed by atoms with Gasteiger partial charge in [-0.25, -0.2) is 18.2 Å². The number of benzene rings is 1. The van der Waals surface area contributed by atoms with Crippen LogP contribution in [-0.4, -0.2) is 78.9 Å². The minimum Gasteiger partial charge on any atom is -0.378 e. The fraction of sp³-hybridized carbons (Fsp3) is 0.464. The van der Waals surface area contributed by atoms with Gasteiger partial charge in [0, 0.05) is 80.1 Å². The van der Waals surface area contributed by atoms with E-state index in [-0.39, 0.29) is 28.9 Å². The second kappa shape index (κ2) is 11.8. The van der Waals surface area contributed by atoms with Gasteiger partial charge < -0.3 is 24.4 Å². The number of anilines is 3. The first-order valence-electron chi connectivity index (χ1n) is 13.4. The first-order valence-corrected chi connectivity index (χ1v) is 14.3. The number of nitrogens with zero attached hydrogens (tertiary/aromatic N) is 5. The number of amides is 1. The number of hydrogen-bond donors (Lipinski definition) is 1. The third-order valence-corrected chi connectivity index (χ3v) is 8.73. The van der Waals surface area contributed by atoms with Gasteiger partial charge in [-0.05, 0) is 27.0 Å². The molecule has 0 radical (unpaired) electrons. The minimum absolute atomic E-state index is 0.147. The van der Waals surface area contributed by atoms with Crippen molar-refractivity contribution in [2.24, 2.45) is 7.05 Å². The molecule has 1 amide bonds. The molecule has 13 heteroatoms. The van der Waals surface area contributed by atoms with Gasteiger partial charge in [-0.1, -0.05) is 0 Å². The van der Waals surface area contributed by atoms with E-state index in [1.54, 1.807) is 5.38 Å². The quantitative estimate of drug-likeness (QED) is 0.461. The number of carbonyl (C=O) groups excluding carboxylic acids is 1. The Balaban J connectivity index is 1.56. The number of ether oxygens (including phenoxy) is 1. The van der Waals surface area contributed by atoms with E-state index in [1.807, 2.05) is 11.9 Å². The lowest BCUT2D eigenvalue weighted by atomic mass is 10.0. The lowest BCUT2D eigenvalue weighted by molar-refractivity contribution is 0.101. The summed E-state index contributed by atoms with van der Waals surface area (Å²) in [5.41, 5.74) is -0.338. The molecule has 0 saturated carbocycles. The van der Waals surface area contributed by atoms with Crippen LogP contribution in [-0.2, 0) is 11.8 Å². The van der Waals surface area contributed by atoms with Crippen LogP contribution in [0.25, 0.3) is 11.3 Å². The van der Waals surface area contributed by atoms with Crippen LogP contribution in [0, 0.1) is 5.82 Å². The summed E-state index contributed by atoms with van der Waals surface area (Å²) in [4.78, 5) is 36.4. The molecule has 1 aromatic carbocycles. The van der Waals surface area contributed by atoms with Gasteiger partial charge in [-0.2, -0.15) is 0 Å². The van der Waals surface area contributed by atoms with Crippen LogP contribution >= 0.6 is 11.3 Å². The molecule has 2 aliphatic rings. The zero-order chi connectivity index (χ0) is 29.4. The number of thiazole rings is 1. The molecule has 1 N–H and O–H groups in total. The fourth-order valence-corrected chi connectivity index (χ4v) is 6.09. The van der Waals surface area contributed by atoms with Crippen LogP contribution in [0.3, 0.4) is 0 Å². The van der Waals surface area contributed by atoms with E-state index in [9.17, 15) is 18.4 Å². The maximum absolute atomic E-state index is 15.8. The molecule has 0 bridgehead atoms. The predicted molar refractivity (Wildman–Crippen MR) is 154 cm³/mol. The molecule has 0 spiro atoms. The summed E-state index contributed by atoms with van der Waals surface area (Å²) in [6, 6.07) is 3.95.